The molecule has 162 valence electrons. The van der Waals surface area contributed by atoms with Crippen molar-refractivity contribution >= 4 is 17.8 Å². The number of amides is 2. The minimum atomic E-state index is -1.20. The number of benzene rings is 1. The first-order valence-electron chi connectivity index (χ1n) is 9.51. The van der Waals surface area contributed by atoms with Crippen LogP contribution in [0.1, 0.15) is 25.1 Å². The van der Waals surface area contributed by atoms with E-state index in [9.17, 15) is 24.6 Å². The van der Waals surface area contributed by atoms with E-state index in [4.69, 9.17) is 5.73 Å². The molecule has 3 unspecified atom stereocenters. The van der Waals surface area contributed by atoms with Gasteiger partial charge < -0.3 is 31.6 Å². The van der Waals surface area contributed by atoms with Crippen molar-refractivity contribution in [2.24, 2.45) is 11.7 Å². The summed E-state index contributed by atoms with van der Waals surface area (Å²) in [4.78, 5) is 43.4. The molecule has 30 heavy (non-hydrogen) atoms. The van der Waals surface area contributed by atoms with E-state index in [0.29, 0.717) is 5.69 Å². The summed E-state index contributed by atoms with van der Waals surface area (Å²) in [7, 11) is 0. The van der Waals surface area contributed by atoms with E-state index >= 15 is 0 Å². The predicted octanol–water partition coefficient (Wildman–Crippen LogP) is -0.0620. The average Bonchev–Trinajstić information content (AvgIpc) is 3.19. The third-order valence-corrected chi connectivity index (χ3v) is 4.57. The normalized spacial score (nSPS) is 14.0. The van der Waals surface area contributed by atoms with Gasteiger partial charge in [-0.3, -0.25) is 9.59 Å². The van der Waals surface area contributed by atoms with Crippen LogP contribution in [0.3, 0.4) is 0 Å². The SMILES string of the molecule is CC(C)C(NC(=O)C(N)Cc1ccc(O)cc1)C(=O)NC(Cc1cnc[nH]1)C(=O)O. The monoisotopic (exact) mass is 417 g/mol. The summed E-state index contributed by atoms with van der Waals surface area (Å²) < 4.78 is 0. The summed E-state index contributed by atoms with van der Waals surface area (Å²) in [5.41, 5.74) is 7.28. The smallest absolute Gasteiger partial charge is 0.326 e. The fourth-order valence-corrected chi connectivity index (χ4v) is 2.85. The zero-order valence-electron chi connectivity index (χ0n) is 16.8. The fraction of sp³-hybridized carbons (Fsp3) is 0.400. The van der Waals surface area contributed by atoms with Gasteiger partial charge in [0.2, 0.25) is 11.8 Å². The molecule has 0 aliphatic rings. The number of imidazole rings is 1. The number of H-pyrrole nitrogens is 1. The first-order valence-corrected chi connectivity index (χ1v) is 9.51. The van der Waals surface area contributed by atoms with Crippen molar-refractivity contribution in [1.82, 2.24) is 20.6 Å². The first-order chi connectivity index (χ1) is 14.2. The Morgan fingerprint density at radius 2 is 1.77 bits per heavy atom. The number of hydrogen-bond donors (Lipinski definition) is 6. The van der Waals surface area contributed by atoms with Crippen LogP contribution in [-0.4, -0.2) is 56.1 Å². The molecule has 1 aromatic heterocycles. The number of aromatic amines is 1. The summed E-state index contributed by atoms with van der Waals surface area (Å²) in [5.74, 6) is -2.52. The van der Waals surface area contributed by atoms with Gasteiger partial charge in [-0.1, -0.05) is 26.0 Å². The predicted molar refractivity (Wildman–Crippen MR) is 108 cm³/mol. The van der Waals surface area contributed by atoms with Crippen LogP contribution in [0.25, 0.3) is 0 Å². The molecule has 1 aromatic carbocycles. The Kier molecular flexibility index (Phi) is 7.93. The van der Waals surface area contributed by atoms with E-state index in [1.165, 1.54) is 24.7 Å². The van der Waals surface area contributed by atoms with Crippen molar-refractivity contribution in [1.29, 1.82) is 0 Å². The summed E-state index contributed by atoms with van der Waals surface area (Å²) >= 11 is 0. The minimum Gasteiger partial charge on any atom is -0.508 e. The van der Waals surface area contributed by atoms with Gasteiger partial charge in [0.25, 0.3) is 0 Å². The molecule has 0 bridgehead atoms. The van der Waals surface area contributed by atoms with E-state index in [1.54, 1.807) is 26.0 Å². The molecule has 0 saturated heterocycles. The second kappa shape index (κ2) is 10.4. The molecule has 10 heteroatoms. The van der Waals surface area contributed by atoms with Crippen LogP contribution in [0.4, 0.5) is 0 Å². The molecule has 0 radical (unpaired) electrons. The van der Waals surface area contributed by atoms with Gasteiger partial charge in [0, 0.05) is 18.3 Å². The molecule has 0 fully saturated rings. The van der Waals surface area contributed by atoms with Crippen molar-refractivity contribution in [3.8, 4) is 5.75 Å². The number of phenolic OH excluding ortho intramolecular Hbond substituents is 1. The zero-order valence-corrected chi connectivity index (χ0v) is 16.8. The maximum absolute atomic E-state index is 12.7. The zero-order chi connectivity index (χ0) is 22.3. The third kappa shape index (κ3) is 6.59. The number of aliphatic carboxylic acids is 1. The number of carboxylic acids is 1. The Bertz CT molecular complexity index is 851. The van der Waals surface area contributed by atoms with Gasteiger partial charge in [0.1, 0.15) is 17.8 Å². The van der Waals surface area contributed by atoms with Gasteiger partial charge in [0.15, 0.2) is 0 Å². The summed E-state index contributed by atoms with van der Waals surface area (Å²) in [6.45, 7) is 3.47. The minimum absolute atomic E-state index is 0.0280. The molecule has 2 rings (SSSR count). The highest BCUT2D eigenvalue weighted by molar-refractivity contribution is 5.92. The molecule has 3 atom stereocenters. The Morgan fingerprint density at radius 1 is 1.10 bits per heavy atom. The molecule has 0 spiro atoms. The number of phenols is 1. The van der Waals surface area contributed by atoms with E-state index in [1.807, 2.05) is 0 Å². The summed E-state index contributed by atoms with van der Waals surface area (Å²) in [6.07, 6.45) is 3.14. The van der Waals surface area contributed by atoms with Crippen molar-refractivity contribution in [3.63, 3.8) is 0 Å². The van der Waals surface area contributed by atoms with Gasteiger partial charge in [-0.2, -0.15) is 0 Å². The van der Waals surface area contributed by atoms with Crippen LogP contribution < -0.4 is 16.4 Å². The largest absolute Gasteiger partial charge is 0.508 e. The van der Waals surface area contributed by atoms with E-state index in [0.717, 1.165) is 5.56 Å². The van der Waals surface area contributed by atoms with Crippen LogP contribution in [-0.2, 0) is 27.2 Å². The standard InChI is InChI=1S/C20H27N5O5/c1-11(2)17(19(28)24-16(20(29)30)8-13-9-22-10-23-13)25-18(27)15(21)7-12-3-5-14(26)6-4-12/h3-6,9-11,15-17,26H,7-8,21H2,1-2H3,(H,22,23)(H,24,28)(H,25,27)(H,29,30). The van der Waals surface area contributed by atoms with Gasteiger partial charge >= 0.3 is 5.97 Å². The van der Waals surface area contributed by atoms with Crippen LogP contribution in [0.15, 0.2) is 36.8 Å². The Hall–Kier alpha value is -3.40. The molecule has 1 heterocycles. The quantitative estimate of drug-likeness (QED) is 0.314. The highest BCUT2D eigenvalue weighted by Crippen LogP contribution is 2.11. The number of carboxylic acid groups (broad SMARTS) is 1. The molecule has 0 aliphatic carbocycles. The third-order valence-electron chi connectivity index (χ3n) is 4.57. The van der Waals surface area contributed by atoms with Gasteiger partial charge in [-0.05, 0) is 30.0 Å². The molecule has 7 N–H and O–H groups in total. The maximum Gasteiger partial charge on any atom is 0.326 e. The number of carbonyl (C=O) groups is 3. The lowest BCUT2D eigenvalue weighted by molar-refractivity contribution is -0.142. The van der Waals surface area contributed by atoms with E-state index in [-0.39, 0.29) is 24.5 Å². The number of nitrogens with two attached hydrogens (primary N) is 1. The number of nitrogens with one attached hydrogen (secondary N) is 3. The maximum atomic E-state index is 12.7. The van der Waals surface area contributed by atoms with Crippen LogP contribution in [0.2, 0.25) is 0 Å². The number of hydrogen-bond acceptors (Lipinski definition) is 6. The Balaban J connectivity index is 2.00. The Morgan fingerprint density at radius 3 is 2.30 bits per heavy atom. The van der Waals surface area contributed by atoms with Crippen LogP contribution >= 0.6 is 0 Å². The van der Waals surface area contributed by atoms with Crippen molar-refractivity contribution in [3.05, 3.63) is 48.0 Å². The van der Waals surface area contributed by atoms with Crippen molar-refractivity contribution in [2.75, 3.05) is 0 Å². The lowest BCUT2D eigenvalue weighted by atomic mass is 10.0. The van der Waals surface area contributed by atoms with Crippen molar-refractivity contribution in [2.45, 2.75) is 44.8 Å². The Labute approximate surface area is 173 Å². The highest BCUT2D eigenvalue weighted by atomic mass is 16.4. The van der Waals surface area contributed by atoms with Crippen LogP contribution in [0, 0.1) is 5.92 Å². The van der Waals surface area contributed by atoms with E-state index < -0.39 is 35.9 Å². The molecular formula is C20H27N5O5. The van der Waals surface area contributed by atoms with E-state index in [2.05, 4.69) is 20.6 Å². The van der Waals surface area contributed by atoms with Crippen LogP contribution in [0.5, 0.6) is 5.75 Å². The average molecular weight is 417 g/mol. The summed E-state index contributed by atoms with van der Waals surface area (Å²) in [6, 6.07) is 3.26. The molecule has 0 aliphatic heterocycles. The second-order valence-electron chi connectivity index (χ2n) is 7.39. The number of aromatic nitrogens is 2. The first kappa shape index (κ1) is 22.9. The van der Waals surface area contributed by atoms with Crippen molar-refractivity contribution < 1.29 is 24.6 Å². The number of nitrogens with zero attached hydrogens (tertiary/aromatic N) is 1. The number of aromatic hydroxyl groups is 1. The topological polar surface area (TPSA) is 170 Å². The lowest BCUT2D eigenvalue weighted by Gasteiger charge is -2.25. The molecule has 2 aromatic rings. The fourth-order valence-electron chi connectivity index (χ4n) is 2.85. The highest BCUT2D eigenvalue weighted by Gasteiger charge is 2.30. The number of carbonyl (C=O) groups excluding carboxylic acids is 2. The van der Waals surface area contributed by atoms with Gasteiger partial charge in [0.05, 0.1) is 12.4 Å². The molecule has 10 nitrogen and oxygen atoms in total. The molecular weight excluding hydrogens is 390 g/mol. The number of rotatable bonds is 10. The molecule has 2 amide bonds. The molecule has 0 saturated carbocycles. The second-order valence-corrected chi connectivity index (χ2v) is 7.39. The lowest BCUT2D eigenvalue weighted by Crippen LogP contribution is -2.56. The van der Waals surface area contributed by atoms with Gasteiger partial charge in [-0.15, -0.1) is 0 Å². The summed E-state index contributed by atoms with van der Waals surface area (Å²) in [5, 5.41) is 23.8. The van der Waals surface area contributed by atoms with Gasteiger partial charge in [-0.25, -0.2) is 9.78 Å².